The van der Waals surface area contributed by atoms with Crippen molar-refractivity contribution in [1.29, 1.82) is 0 Å². The minimum Gasteiger partial charge on any atom is -0.309 e. The van der Waals surface area contributed by atoms with E-state index in [9.17, 15) is 0 Å². The predicted octanol–water partition coefficient (Wildman–Crippen LogP) is 4.00. The maximum absolute atomic E-state index is 4.57. The van der Waals surface area contributed by atoms with Crippen LogP contribution in [0.2, 0.25) is 0 Å². The number of nitrogens with one attached hydrogen (secondary N) is 1. The quantitative estimate of drug-likeness (QED) is 0.873. The van der Waals surface area contributed by atoms with Crippen molar-refractivity contribution < 1.29 is 0 Å². The van der Waals surface area contributed by atoms with Gasteiger partial charge in [-0.1, -0.05) is 19.9 Å². The number of hydrogen-bond donors (Lipinski definition) is 1. The lowest BCUT2D eigenvalue weighted by molar-refractivity contribution is 0.464. The zero-order valence-electron chi connectivity index (χ0n) is 12.7. The highest BCUT2D eigenvalue weighted by Gasteiger charge is 2.24. The molecular weight excluding hydrogens is 266 g/mol. The maximum atomic E-state index is 4.57. The van der Waals surface area contributed by atoms with Crippen molar-refractivity contribution in [1.82, 2.24) is 15.3 Å². The number of hydrogen-bond acceptors (Lipinski definition) is 4. The van der Waals surface area contributed by atoms with Gasteiger partial charge in [0, 0.05) is 22.7 Å². The highest BCUT2D eigenvalue weighted by Crippen LogP contribution is 2.34. The molecule has 0 bridgehead atoms. The Morgan fingerprint density at radius 3 is 2.65 bits per heavy atom. The van der Waals surface area contributed by atoms with Gasteiger partial charge in [-0.05, 0) is 38.9 Å². The molecule has 0 saturated carbocycles. The molecule has 2 rings (SSSR count). The Labute approximate surface area is 125 Å². The van der Waals surface area contributed by atoms with Crippen LogP contribution in [0.25, 0.3) is 0 Å². The van der Waals surface area contributed by atoms with Crippen molar-refractivity contribution >= 4 is 11.3 Å². The van der Waals surface area contributed by atoms with E-state index in [0.29, 0.717) is 5.92 Å². The average Bonchev–Trinajstić information content (AvgIpc) is 2.79. The van der Waals surface area contributed by atoms with Gasteiger partial charge < -0.3 is 5.32 Å². The van der Waals surface area contributed by atoms with Crippen LogP contribution in [0, 0.1) is 13.8 Å². The molecule has 0 saturated heterocycles. The molecule has 2 atom stereocenters. The van der Waals surface area contributed by atoms with Gasteiger partial charge in [-0.25, -0.2) is 4.98 Å². The number of aromatic nitrogens is 2. The standard InChI is InChI=1S/C16H23N3S/c1-5-9-18-15(16-12(3)19-13(4)20-16)11(2)14-8-6-7-10-17-14/h6-8,10-11,15,18H,5,9H2,1-4H3. The van der Waals surface area contributed by atoms with Gasteiger partial charge in [-0.2, -0.15) is 0 Å². The Kier molecular flexibility index (Phi) is 5.26. The first kappa shape index (κ1) is 15.1. The molecule has 2 aromatic heterocycles. The lowest BCUT2D eigenvalue weighted by atomic mass is 9.95. The van der Waals surface area contributed by atoms with Gasteiger partial charge in [0.1, 0.15) is 0 Å². The van der Waals surface area contributed by atoms with Crippen LogP contribution in [0.5, 0.6) is 0 Å². The second-order valence-electron chi connectivity index (χ2n) is 5.16. The third-order valence-electron chi connectivity index (χ3n) is 3.49. The van der Waals surface area contributed by atoms with Gasteiger partial charge in [0.25, 0.3) is 0 Å². The first-order valence-electron chi connectivity index (χ1n) is 7.21. The number of thiazole rings is 1. The number of pyridine rings is 1. The molecule has 0 aliphatic rings. The van der Waals surface area contributed by atoms with Crippen LogP contribution in [-0.2, 0) is 0 Å². The van der Waals surface area contributed by atoms with Crippen LogP contribution in [-0.4, -0.2) is 16.5 Å². The van der Waals surface area contributed by atoms with E-state index >= 15 is 0 Å². The summed E-state index contributed by atoms with van der Waals surface area (Å²) in [6, 6.07) is 6.41. The Morgan fingerprint density at radius 2 is 2.10 bits per heavy atom. The smallest absolute Gasteiger partial charge is 0.0900 e. The molecular formula is C16H23N3S. The second kappa shape index (κ2) is 6.95. The van der Waals surface area contributed by atoms with E-state index in [1.54, 1.807) is 11.3 Å². The van der Waals surface area contributed by atoms with Gasteiger partial charge in [-0.3, -0.25) is 4.98 Å². The van der Waals surface area contributed by atoms with Gasteiger partial charge >= 0.3 is 0 Å². The molecule has 2 unspecified atom stereocenters. The summed E-state index contributed by atoms with van der Waals surface area (Å²) in [6.07, 6.45) is 3.00. The van der Waals surface area contributed by atoms with Crippen molar-refractivity contribution in [2.75, 3.05) is 6.54 Å². The number of aryl methyl sites for hydroxylation is 2. The molecule has 0 aliphatic heterocycles. The third-order valence-corrected chi connectivity index (χ3v) is 4.65. The summed E-state index contributed by atoms with van der Waals surface area (Å²) >= 11 is 1.79. The lowest BCUT2D eigenvalue weighted by Crippen LogP contribution is -2.27. The minimum atomic E-state index is 0.288. The molecule has 2 aromatic rings. The molecule has 0 fully saturated rings. The van der Waals surface area contributed by atoms with Gasteiger partial charge in [0.2, 0.25) is 0 Å². The Hall–Kier alpha value is -1.26. The first-order chi connectivity index (χ1) is 9.63. The summed E-state index contributed by atoms with van der Waals surface area (Å²) < 4.78 is 0. The molecule has 0 aliphatic carbocycles. The van der Waals surface area contributed by atoms with Crippen LogP contribution < -0.4 is 5.32 Å². The van der Waals surface area contributed by atoms with Gasteiger partial charge in [0.05, 0.1) is 16.7 Å². The Bertz CT molecular complexity index is 536. The summed E-state index contributed by atoms with van der Waals surface area (Å²) in [6.45, 7) is 9.62. The second-order valence-corrected chi connectivity index (χ2v) is 6.39. The van der Waals surface area contributed by atoms with Crippen molar-refractivity contribution in [2.45, 2.75) is 46.1 Å². The van der Waals surface area contributed by atoms with E-state index in [1.807, 2.05) is 12.3 Å². The van der Waals surface area contributed by atoms with Crippen molar-refractivity contribution in [2.24, 2.45) is 0 Å². The molecule has 108 valence electrons. The van der Waals surface area contributed by atoms with Crippen molar-refractivity contribution in [3.8, 4) is 0 Å². The van der Waals surface area contributed by atoms with Crippen LogP contribution >= 0.6 is 11.3 Å². The molecule has 0 aromatic carbocycles. The van der Waals surface area contributed by atoms with Gasteiger partial charge in [0.15, 0.2) is 0 Å². The molecule has 3 nitrogen and oxygen atoms in total. The molecule has 4 heteroatoms. The SMILES string of the molecule is CCCNC(c1sc(C)nc1C)C(C)c1ccccn1. The Balaban J connectivity index is 2.30. The largest absolute Gasteiger partial charge is 0.309 e. The van der Waals surface area contributed by atoms with E-state index in [0.717, 1.165) is 29.4 Å². The molecule has 0 spiro atoms. The van der Waals surface area contributed by atoms with E-state index < -0.39 is 0 Å². The van der Waals surface area contributed by atoms with E-state index in [4.69, 9.17) is 0 Å². The minimum absolute atomic E-state index is 0.288. The lowest BCUT2D eigenvalue weighted by Gasteiger charge is -2.24. The highest BCUT2D eigenvalue weighted by molar-refractivity contribution is 7.11. The summed E-state index contributed by atoms with van der Waals surface area (Å²) in [5.74, 6) is 0.335. The zero-order valence-corrected chi connectivity index (χ0v) is 13.5. The van der Waals surface area contributed by atoms with Crippen molar-refractivity contribution in [3.05, 3.63) is 45.7 Å². The topological polar surface area (TPSA) is 37.8 Å². The van der Waals surface area contributed by atoms with E-state index in [-0.39, 0.29) is 6.04 Å². The van der Waals surface area contributed by atoms with E-state index in [2.05, 4.69) is 55.1 Å². The fraction of sp³-hybridized carbons (Fsp3) is 0.500. The monoisotopic (exact) mass is 289 g/mol. The number of rotatable bonds is 6. The molecule has 20 heavy (non-hydrogen) atoms. The summed E-state index contributed by atoms with van der Waals surface area (Å²) in [5, 5.41) is 4.80. The normalized spacial score (nSPS) is 14.2. The van der Waals surface area contributed by atoms with Crippen LogP contribution in [0.3, 0.4) is 0 Å². The first-order valence-corrected chi connectivity index (χ1v) is 8.03. The fourth-order valence-electron chi connectivity index (χ4n) is 2.45. The van der Waals surface area contributed by atoms with Crippen molar-refractivity contribution in [3.63, 3.8) is 0 Å². The molecule has 2 heterocycles. The summed E-state index contributed by atoms with van der Waals surface area (Å²) in [4.78, 5) is 10.4. The average molecular weight is 289 g/mol. The van der Waals surface area contributed by atoms with Crippen LogP contribution in [0.1, 0.15) is 53.5 Å². The summed E-state index contributed by atoms with van der Waals surface area (Å²) in [7, 11) is 0. The van der Waals surface area contributed by atoms with Crippen LogP contribution in [0.4, 0.5) is 0 Å². The zero-order chi connectivity index (χ0) is 14.5. The highest BCUT2D eigenvalue weighted by atomic mass is 32.1. The third kappa shape index (κ3) is 3.44. The maximum Gasteiger partial charge on any atom is 0.0900 e. The van der Waals surface area contributed by atoms with E-state index in [1.165, 1.54) is 4.88 Å². The van der Waals surface area contributed by atoms with Crippen LogP contribution in [0.15, 0.2) is 24.4 Å². The van der Waals surface area contributed by atoms with Gasteiger partial charge in [-0.15, -0.1) is 11.3 Å². The Morgan fingerprint density at radius 1 is 1.30 bits per heavy atom. The fourth-order valence-corrected chi connectivity index (χ4v) is 3.56. The molecule has 0 radical (unpaired) electrons. The number of nitrogens with zero attached hydrogens (tertiary/aromatic N) is 2. The molecule has 1 N–H and O–H groups in total. The molecule has 0 amide bonds. The predicted molar refractivity (Wildman–Crippen MR) is 85.3 cm³/mol. The summed E-state index contributed by atoms with van der Waals surface area (Å²) in [5.41, 5.74) is 2.27.